The van der Waals surface area contributed by atoms with Crippen LogP contribution in [0.25, 0.3) is 0 Å². The first-order valence-corrected chi connectivity index (χ1v) is 11.6. The van der Waals surface area contributed by atoms with E-state index in [-0.39, 0.29) is 11.5 Å². The lowest BCUT2D eigenvalue weighted by Crippen LogP contribution is -2.17. The van der Waals surface area contributed by atoms with Gasteiger partial charge in [-0.1, -0.05) is 38.2 Å². The number of pyridine rings is 1. The van der Waals surface area contributed by atoms with E-state index in [0.717, 1.165) is 17.8 Å². The number of rotatable bonds is 8. The molecule has 2 aromatic carbocycles. The Hall–Kier alpha value is -3.87. The van der Waals surface area contributed by atoms with E-state index in [1.54, 1.807) is 31.4 Å². The fraction of sp³-hybridized carbons (Fsp3) is 0.296. The van der Waals surface area contributed by atoms with Crippen molar-refractivity contribution in [2.45, 2.75) is 38.5 Å². The number of nitrogens with zero attached hydrogens (tertiary/aromatic N) is 1. The molecule has 176 valence electrons. The molecule has 0 bridgehead atoms. The topological polar surface area (TPSA) is 101 Å². The minimum Gasteiger partial charge on any atom is -0.497 e. The fourth-order valence-corrected chi connectivity index (χ4v) is 4.31. The molecule has 1 heterocycles. The van der Waals surface area contributed by atoms with E-state index in [9.17, 15) is 14.7 Å². The highest BCUT2D eigenvalue weighted by molar-refractivity contribution is 6.05. The van der Waals surface area contributed by atoms with Gasteiger partial charge in [0.25, 0.3) is 5.91 Å². The summed E-state index contributed by atoms with van der Waals surface area (Å²) < 4.78 is 5.18. The highest BCUT2D eigenvalue weighted by Crippen LogP contribution is 2.29. The third kappa shape index (κ3) is 5.92. The van der Waals surface area contributed by atoms with Gasteiger partial charge < -0.3 is 20.5 Å². The molecule has 0 atom stereocenters. The number of benzene rings is 2. The number of ether oxygens (including phenoxy) is 1. The number of amides is 1. The predicted octanol–water partition coefficient (Wildman–Crippen LogP) is 5.91. The summed E-state index contributed by atoms with van der Waals surface area (Å²) in [5.74, 6) is -0.0555. The number of hydrogen-bond donors (Lipinski definition) is 3. The van der Waals surface area contributed by atoms with Crippen molar-refractivity contribution in [1.82, 2.24) is 4.98 Å². The molecule has 1 aliphatic rings. The molecule has 7 heteroatoms. The van der Waals surface area contributed by atoms with E-state index in [2.05, 4.69) is 15.6 Å². The van der Waals surface area contributed by atoms with Gasteiger partial charge in [-0.15, -0.1) is 0 Å². The Morgan fingerprint density at radius 1 is 1.00 bits per heavy atom. The van der Waals surface area contributed by atoms with Crippen molar-refractivity contribution in [1.29, 1.82) is 0 Å². The maximum atomic E-state index is 13.0. The van der Waals surface area contributed by atoms with Crippen molar-refractivity contribution < 1.29 is 19.4 Å². The number of carbonyl (C=O) groups excluding carboxylic acids is 1. The molecular formula is C27H29N3O4. The highest BCUT2D eigenvalue weighted by atomic mass is 16.5. The van der Waals surface area contributed by atoms with Gasteiger partial charge in [0.1, 0.15) is 11.4 Å². The minimum absolute atomic E-state index is 0.113. The van der Waals surface area contributed by atoms with Crippen LogP contribution in [0.3, 0.4) is 0 Å². The van der Waals surface area contributed by atoms with Gasteiger partial charge in [-0.05, 0) is 66.9 Å². The lowest BCUT2D eigenvalue weighted by Gasteiger charge is -2.21. The van der Waals surface area contributed by atoms with E-state index in [0.29, 0.717) is 28.7 Å². The molecule has 0 aliphatic heterocycles. The highest BCUT2D eigenvalue weighted by Gasteiger charge is 2.17. The molecule has 7 nitrogen and oxygen atoms in total. The van der Waals surface area contributed by atoms with E-state index < -0.39 is 5.97 Å². The van der Waals surface area contributed by atoms with Gasteiger partial charge in [0, 0.05) is 11.4 Å². The normalized spacial score (nSPS) is 13.8. The SMILES string of the molecule is COc1ccc(Nc2cc(C(=O)O)ccc2NC(=O)c2cccc(CC3CCCCC3)n2)cc1. The van der Waals surface area contributed by atoms with Gasteiger partial charge in [0.2, 0.25) is 0 Å². The summed E-state index contributed by atoms with van der Waals surface area (Å²) in [6.07, 6.45) is 7.16. The molecule has 1 aromatic heterocycles. The fourth-order valence-electron chi connectivity index (χ4n) is 4.31. The monoisotopic (exact) mass is 459 g/mol. The van der Waals surface area contributed by atoms with Crippen LogP contribution in [0, 0.1) is 5.92 Å². The van der Waals surface area contributed by atoms with Crippen molar-refractivity contribution in [3.63, 3.8) is 0 Å². The summed E-state index contributed by atoms with van der Waals surface area (Å²) in [7, 11) is 1.59. The van der Waals surface area contributed by atoms with Crippen LogP contribution in [-0.4, -0.2) is 29.1 Å². The van der Waals surface area contributed by atoms with Crippen LogP contribution in [0.4, 0.5) is 17.1 Å². The zero-order valence-electron chi connectivity index (χ0n) is 19.2. The molecule has 1 fully saturated rings. The number of aromatic carboxylic acids is 1. The van der Waals surface area contributed by atoms with E-state index in [1.165, 1.54) is 44.2 Å². The van der Waals surface area contributed by atoms with Gasteiger partial charge in [-0.2, -0.15) is 0 Å². The number of methoxy groups -OCH3 is 1. The largest absolute Gasteiger partial charge is 0.497 e. The van der Waals surface area contributed by atoms with Gasteiger partial charge in [0.15, 0.2) is 0 Å². The molecular weight excluding hydrogens is 430 g/mol. The van der Waals surface area contributed by atoms with Crippen LogP contribution >= 0.6 is 0 Å². The second kappa shape index (κ2) is 10.8. The quantitative estimate of drug-likeness (QED) is 0.387. The molecule has 0 spiro atoms. The minimum atomic E-state index is -1.05. The Kier molecular flexibility index (Phi) is 7.42. The molecule has 34 heavy (non-hydrogen) atoms. The lowest BCUT2D eigenvalue weighted by molar-refractivity contribution is 0.0696. The average molecular weight is 460 g/mol. The number of carboxylic acid groups (broad SMARTS) is 1. The first kappa shape index (κ1) is 23.3. The average Bonchev–Trinajstić information content (AvgIpc) is 2.86. The number of anilines is 3. The second-order valence-corrected chi connectivity index (χ2v) is 8.60. The van der Waals surface area contributed by atoms with Crippen molar-refractivity contribution in [2.75, 3.05) is 17.7 Å². The maximum Gasteiger partial charge on any atom is 0.335 e. The third-order valence-corrected chi connectivity index (χ3v) is 6.15. The van der Waals surface area contributed by atoms with Crippen LogP contribution in [0.1, 0.15) is 58.6 Å². The number of aromatic nitrogens is 1. The van der Waals surface area contributed by atoms with Gasteiger partial charge >= 0.3 is 5.97 Å². The van der Waals surface area contributed by atoms with Gasteiger partial charge in [0.05, 0.1) is 24.0 Å². The van der Waals surface area contributed by atoms with Gasteiger partial charge in [-0.3, -0.25) is 4.79 Å². The molecule has 4 rings (SSSR count). The maximum absolute atomic E-state index is 13.0. The van der Waals surface area contributed by atoms with Crippen molar-refractivity contribution in [3.05, 3.63) is 77.6 Å². The second-order valence-electron chi connectivity index (χ2n) is 8.60. The van der Waals surface area contributed by atoms with Crippen LogP contribution < -0.4 is 15.4 Å². The number of hydrogen-bond acceptors (Lipinski definition) is 5. The smallest absolute Gasteiger partial charge is 0.335 e. The molecule has 1 saturated carbocycles. The molecule has 0 unspecified atom stereocenters. The molecule has 3 N–H and O–H groups in total. The molecule has 0 radical (unpaired) electrons. The zero-order valence-corrected chi connectivity index (χ0v) is 19.2. The third-order valence-electron chi connectivity index (χ3n) is 6.15. The van der Waals surface area contributed by atoms with Crippen LogP contribution in [0.2, 0.25) is 0 Å². The molecule has 0 saturated heterocycles. The summed E-state index contributed by atoms with van der Waals surface area (Å²) in [6, 6.07) is 17.3. The lowest BCUT2D eigenvalue weighted by atomic mass is 9.86. The number of nitrogens with one attached hydrogen (secondary N) is 2. The Morgan fingerprint density at radius 2 is 1.76 bits per heavy atom. The Bertz CT molecular complexity index is 1150. The first-order valence-electron chi connectivity index (χ1n) is 11.6. The standard InChI is InChI=1S/C27H29N3O4/c1-34-22-13-11-20(12-14-22)28-25-17-19(27(32)33)10-15-23(25)30-26(31)24-9-5-8-21(29-24)16-18-6-3-2-4-7-18/h5,8-15,17-18,28H,2-4,6-7,16H2,1H3,(H,30,31)(H,32,33). The van der Waals surface area contributed by atoms with E-state index in [1.807, 2.05) is 24.3 Å². The summed E-state index contributed by atoms with van der Waals surface area (Å²) in [4.78, 5) is 29.1. The summed E-state index contributed by atoms with van der Waals surface area (Å²) in [5.41, 5.74) is 3.04. The Balaban J connectivity index is 1.53. The summed E-state index contributed by atoms with van der Waals surface area (Å²) in [5, 5.41) is 15.5. The predicted molar refractivity (Wildman–Crippen MR) is 132 cm³/mol. The number of carbonyl (C=O) groups is 2. The summed E-state index contributed by atoms with van der Waals surface area (Å²) >= 11 is 0. The molecule has 3 aromatic rings. The zero-order chi connectivity index (χ0) is 23.9. The van der Waals surface area contributed by atoms with Crippen LogP contribution in [0.5, 0.6) is 5.75 Å². The number of carboxylic acids is 1. The first-order chi connectivity index (χ1) is 16.5. The van der Waals surface area contributed by atoms with E-state index >= 15 is 0 Å². The Morgan fingerprint density at radius 3 is 2.47 bits per heavy atom. The molecule has 1 amide bonds. The Labute approximate surface area is 199 Å². The van der Waals surface area contributed by atoms with Gasteiger partial charge in [-0.25, -0.2) is 9.78 Å². The summed E-state index contributed by atoms with van der Waals surface area (Å²) in [6.45, 7) is 0. The van der Waals surface area contributed by atoms with Crippen LogP contribution in [0.15, 0.2) is 60.7 Å². The van der Waals surface area contributed by atoms with Crippen LogP contribution in [-0.2, 0) is 6.42 Å². The van der Waals surface area contributed by atoms with Crippen molar-refractivity contribution in [3.8, 4) is 5.75 Å². The van der Waals surface area contributed by atoms with Crippen molar-refractivity contribution >= 4 is 28.9 Å². The van der Waals surface area contributed by atoms with E-state index in [4.69, 9.17) is 4.74 Å². The molecule has 1 aliphatic carbocycles. The van der Waals surface area contributed by atoms with Crippen molar-refractivity contribution in [2.24, 2.45) is 5.92 Å².